The Kier molecular flexibility index (Phi) is 15.6. The van der Waals surface area contributed by atoms with Crippen LogP contribution in [-0.2, 0) is 28.6 Å². The molecule has 6 unspecified atom stereocenters. The summed E-state index contributed by atoms with van der Waals surface area (Å²) < 4.78 is 17.2. The zero-order valence-electron chi connectivity index (χ0n) is 25.6. The minimum Gasteiger partial charge on any atom is -0.462 e. The number of carbonyl (C=O) groups excluding carboxylic acids is 3. The molecule has 0 aliphatic carbocycles. The van der Waals surface area contributed by atoms with Gasteiger partial charge in [-0.3, -0.25) is 9.59 Å². The predicted molar refractivity (Wildman–Crippen MR) is 147 cm³/mol. The minimum atomic E-state index is -2.39. The van der Waals surface area contributed by atoms with Crippen LogP contribution in [0.25, 0.3) is 0 Å². The Bertz CT molecular complexity index is 662. The van der Waals surface area contributed by atoms with Gasteiger partial charge in [0.1, 0.15) is 18.3 Å². The Hall–Kier alpha value is -1.63. The van der Waals surface area contributed by atoms with Gasteiger partial charge in [-0.2, -0.15) is 0 Å². The highest BCUT2D eigenvalue weighted by Gasteiger charge is 2.46. The molecule has 37 heavy (non-hydrogen) atoms. The maximum atomic E-state index is 13.4. The van der Waals surface area contributed by atoms with Gasteiger partial charge in [0, 0.05) is 0 Å². The van der Waals surface area contributed by atoms with Crippen LogP contribution in [0.15, 0.2) is 0 Å². The van der Waals surface area contributed by atoms with Crippen LogP contribution in [0, 0.1) is 35.5 Å². The van der Waals surface area contributed by atoms with Crippen molar-refractivity contribution in [2.75, 3.05) is 0 Å². The number of hydrogen-bond donors (Lipinski definition) is 1. The van der Waals surface area contributed by atoms with E-state index in [2.05, 4.69) is 0 Å². The lowest BCUT2D eigenvalue weighted by molar-refractivity contribution is -0.189. The second kappa shape index (κ2) is 16.4. The van der Waals surface area contributed by atoms with E-state index in [1.54, 1.807) is 0 Å². The van der Waals surface area contributed by atoms with Gasteiger partial charge in [0.05, 0.1) is 12.8 Å². The Morgan fingerprint density at radius 1 is 0.568 bits per heavy atom. The Morgan fingerprint density at radius 2 is 0.838 bits per heavy atom. The quantitative estimate of drug-likeness (QED) is 0.174. The first kappa shape index (κ1) is 35.4. The molecule has 1 N–H and O–H groups in total. The Labute approximate surface area is 226 Å². The van der Waals surface area contributed by atoms with Gasteiger partial charge in [0.2, 0.25) is 0 Å². The van der Waals surface area contributed by atoms with E-state index in [1.807, 2.05) is 83.1 Å². The van der Waals surface area contributed by atoms with Crippen molar-refractivity contribution in [2.45, 2.75) is 139 Å². The first-order valence-corrected chi connectivity index (χ1v) is 14.4. The zero-order valence-corrected chi connectivity index (χ0v) is 25.6. The summed E-state index contributed by atoms with van der Waals surface area (Å²) in [5, 5.41) is 11.5. The van der Waals surface area contributed by atoms with Crippen molar-refractivity contribution >= 4 is 17.9 Å². The van der Waals surface area contributed by atoms with Crippen molar-refractivity contribution in [3.8, 4) is 0 Å². The molecule has 0 saturated carbocycles. The van der Waals surface area contributed by atoms with Crippen LogP contribution in [0.2, 0.25) is 0 Å². The van der Waals surface area contributed by atoms with Gasteiger partial charge >= 0.3 is 17.9 Å². The lowest BCUT2D eigenvalue weighted by Gasteiger charge is -2.33. The largest absolute Gasteiger partial charge is 0.462 e. The SMILES string of the molecule is CCC(C)C(OC(=O)CC(O)(CC(=O)OC(C(C)C)C(C)CC)C(=O)OC(C(C)C)C(C)CC)C(C)C. The van der Waals surface area contributed by atoms with Crippen molar-refractivity contribution in [1.82, 2.24) is 0 Å². The van der Waals surface area contributed by atoms with Gasteiger partial charge in [0.25, 0.3) is 0 Å². The third-order valence-corrected chi connectivity index (χ3v) is 7.62. The first-order valence-electron chi connectivity index (χ1n) is 14.4. The fraction of sp³-hybridized carbons (Fsp3) is 0.900. The van der Waals surface area contributed by atoms with Crippen LogP contribution in [0.4, 0.5) is 0 Å². The summed E-state index contributed by atoms with van der Waals surface area (Å²) in [4.78, 5) is 39.5. The molecule has 0 aromatic carbocycles. The van der Waals surface area contributed by atoms with Crippen molar-refractivity contribution in [2.24, 2.45) is 35.5 Å². The van der Waals surface area contributed by atoms with Gasteiger partial charge in [-0.25, -0.2) is 4.79 Å². The number of esters is 3. The summed E-state index contributed by atoms with van der Waals surface area (Å²) in [6.07, 6.45) is -0.175. The summed E-state index contributed by atoms with van der Waals surface area (Å²) in [6, 6.07) is 0. The molecule has 7 nitrogen and oxygen atoms in total. The second-order valence-electron chi connectivity index (χ2n) is 12.1. The molecule has 0 fully saturated rings. The molecule has 6 atom stereocenters. The highest BCUT2D eigenvalue weighted by atomic mass is 16.6. The van der Waals surface area contributed by atoms with Crippen molar-refractivity contribution in [3.05, 3.63) is 0 Å². The molecule has 0 bridgehead atoms. The zero-order chi connectivity index (χ0) is 29.1. The monoisotopic (exact) mass is 528 g/mol. The van der Waals surface area contributed by atoms with Crippen LogP contribution in [0.5, 0.6) is 0 Å². The number of rotatable bonds is 17. The molecule has 7 heteroatoms. The molecular weight excluding hydrogens is 472 g/mol. The van der Waals surface area contributed by atoms with E-state index in [-0.39, 0.29) is 47.7 Å². The lowest BCUT2D eigenvalue weighted by Crippen LogP contribution is -2.48. The van der Waals surface area contributed by atoms with E-state index in [4.69, 9.17) is 14.2 Å². The molecule has 0 heterocycles. The second-order valence-corrected chi connectivity index (χ2v) is 12.1. The van der Waals surface area contributed by atoms with E-state index < -0.39 is 42.5 Å². The summed E-state index contributed by atoms with van der Waals surface area (Å²) >= 11 is 0. The molecule has 218 valence electrons. The molecule has 0 rings (SSSR count). The lowest BCUT2D eigenvalue weighted by atomic mass is 9.90. The van der Waals surface area contributed by atoms with E-state index in [1.165, 1.54) is 0 Å². The Morgan fingerprint density at radius 3 is 1.08 bits per heavy atom. The number of aliphatic hydroxyl groups is 1. The summed E-state index contributed by atoms with van der Waals surface area (Å²) in [5.74, 6) is -2.11. The van der Waals surface area contributed by atoms with Crippen molar-refractivity contribution in [1.29, 1.82) is 0 Å². The van der Waals surface area contributed by atoms with E-state index in [0.29, 0.717) is 0 Å². The van der Waals surface area contributed by atoms with Gasteiger partial charge in [-0.15, -0.1) is 0 Å². The van der Waals surface area contributed by atoms with Crippen LogP contribution >= 0.6 is 0 Å². The molecule has 0 radical (unpaired) electrons. The fourth-order valence-electron chi connectivity index (χ4n) is 4.73. The molecular formula is C30H56O7. The fourth-order valence-corrected chi connectivity index (χ4v) is 4.73. The summed E-state index contributed by atoms with van der Waals surface area (Å²) in [5.41, 5.74) is -2.39. The average molecular weight is 529 g/mol. The standard InChI is InChI=1S/C30H56O7/c1-13-21(10)26(18(4)5)35-24(31)16-30(34,29(33)37-28(20(8)9)23(12)15-3)17-25(32)36-27(19(6)7)22(11)14-2/h18-23,26-28,34H,13-17H2,1-12H3. The van der Waals surface area contributed by atoms with E-state index >= 15 is 0 Å². The minimum absolute atomic E-state index is 0.00602. The average Bonchev–Trinajstić information content (AvgIpc) is 2.81. The maximum absolute atomic E-state index is 13.4. The van der Waals surface area contributed by atoms with Crippen LogP contribution in [-0.4, -0.2) is 46.9 Å². The smallest absolute Gasteiger partial charge is 0.339 e. The predicted octanol–water partition coefficient (Wildman–Crippen LogP) is 6.34. The van der Waals surface area contributed by atoms with Gasteiger partial charge in [-0.05, 0) is 35.5 Å². The first-order chi connectivity index (χ1) is 17.0. The van der Waals surface area contributed by atoms with E-state index in [9.17, 15) is 19.5 Å². The molecule has 0 aliphatic heterocycles. The third kappa shape index (κ3) is 11.3. The highest BCUT2D eigenvalue weighted by Crippen LogP contribution is 2.29. The van der Waals surface area contributed by atoms with Gasteiger partial charge < -0.3 is 19.3 Å². The number of ether oxygens (including phenoxy) is 3. The highest BCUT2D eigenvalue weighted by molar-refractivity contribution is 5.90. The third-order valence-electron chi connectivity index (χ3n) is 7.62. The van der Waals surface area contributed by atoms with Crippen molar-refractivity contribution < 1.29 is 33.7 Å². The summed E-state index contributed by atoms with van der Waals surface area (Å²) in [7, 11) is 0. The molecule has 0 amide bonds. The van der Waals surface area contributed by atoms with Crippen molar-refractivity contribution in [3.63, 3.8) is 0 Å². The number of hydrogen-bond acceptors (Lipinski definition) is 7. The maximum Gasteiger partial charge on any atom is 0.339 e. The van der Waals surface area contributed by atoms with Crippen LogP contribution in [0.1, 0.15) is 115 Å². The van der Waals surface area contributed by atoms with Gasteiger partial charge in [-0.1, -0.05) is 102 Å². The summed E-state index contributed by atoms with van der Waals surface area (Å²) in [6.45, 7) is 23.7. The molecule has 0 aliphatic rings. The molecule has 0 saturated heterocycles. The number of carbonyl (C=O) groups is 3. The van der Waals surface area contributed by atoms with E-state index in [0.717, 1.165) is 19.3 Å². The van der Waals surface area contributed by atoms with Crippen LogP contribution < -0.4 is 0 Å². The van der Waals surface area contributed by atoms with Gasteiger partial charge in [0.15, 0.2) is 5.60 Å². The normalized spacial score (nSPS) is 18.5. The molecule has 0 aromatic rings. The Balaban J connectivity index is 6.04. The topological polar surface area (TPSA) is 99.1 Å². The van der Waals surface area contributed by atoms with Crippen LogP contribution in [0.3, 0.4) is 0 Å². The molecule has 0 aromatic heterocycles. The molecule has 0 spiro atoms.